The van der Waals surface area contributed by atoms with Crippen LogP contribution < -0.4 is 0 Å². The Bertz CT molecular complexity index is 565. The maximum absolute atomic E-state index is 5.25. The predicted molar refractivity (Wildman–Crippen MR) is 248 cm³/mol. The topological polar surface area (TPSA) is 6.48 Å². The van der Waals surface area contributed by atoms with Gasteiger partial charge < -0.3 is 86.5 Å². The van der Waals surface area contributed by atoms with Gasteiger partial charge in [0, 0.05) is 26.2 Å². The molecule has 0 spiro atoms. The van der Waals surface area contributed by atoms with Crippen molar-refractivity contribution in [3.8, 4) is 0 Å². The Kier molecular flexibility index (Phi) is 65.1. The molecular weight excluding hydrogens is 821 g/mol. The van der Waals surface area contributed by atoms with Crippen LogP contribution in [0.3, 0.4) is 0 Å². The van der Waals surface area contributed by atoms with Crippen LogP contribution in [0.2, 0.25) is 0 Å². The molecule has 0 heterocycles. The summed E-state index contributed by atoms with van der Waals surface area (Å²) in [6, 6.07) is 0. The van der Waals surface area contributed by atoms with Crippen molar-refractivity contribution in [3.05, 3.63) is 0 Å². The Morgan fingerprint density at radius 1 is 0.314 bits per heavy atom. The zero-order chi connectivity index (χ0) is 35.8. The number of hydrogen-bond acceptors (Lipinski definition) is 4. The van der Waals surface area contributed by atoms with E-state index in [4.69, 9.17) is 49.7 Å². The molecule has 0 aliphatic heterocycles. The normalized spacial score (nSPS) is 10.3. The molecule has 51 heavy (non-hydrogen) atoms. The van der Waals surface area contributed by atoms with Gasteiger partial charge in [-0.1, -0.05) is 216 Å². The molecule has 0 atom stereocenters. The van der Waals surface area contributed by atoms with E-state index in [1.807, 2.05) is 0 Å². The minimum absolute atomic E-state index is 0. The van der Waals surface area contributed by atoms with Crippen LogP contribution in [0.25, 0.3) is 0 Å². The van der Waals surface area contributed by atoms with Gasteiger partial charge in [-0.15, -0.1) is 0 Å². The van der Waals surface area contributed by atoms with Gasteiger partial charge in [0.25, 0.3) is 0 Å². The van der Waals surface area contributed by atoms with E-state index in [1.54, 1.807) is 0 Å². The van der Waals surface area contributed by atoms with Gasteiger partial charge >= 0.3 is 21.1 Å². The zero-order valence-corrected chi connectivity index (χ0v) is 41.1. The van der Waals surface area contributed by atoms with Crippen LogP contribution in [0.1, 0.15) is 233 Å². The minimum Gasteiger partial charge on any atom is -2.00 e. The van der Waals surface area contributed by atoms with Crippen molar-refractivity contribution < 1.29 is 21.1 Å². The minimum atomic E-state index is 0. The third-order valence-electron chi connectivity index (χ3n) is 9.64. The van der Waals surface area contributed by atoms with Gasteiger partial charge in [-0.05, 0) is 25.7 Å². The maximum Gasteiger partial charge on any atom is 6.00 e. The summed E-state index contributed by atoms with van der Waals surface area (Å²) >= 11 is 21.0. The first-order chi connectivity index (χ1) is 23.4. The van der Waals surface area contributed by atoms with Crippen LogP contribution in [-0.4, -0.2) is 44.6 Å². The van der Waals surface area contributed by atoms with Crippen molar-refractivity contribution in [2.75, 3.05) is 26.2 Å². The summed E-state index contributed by atoms with van der Waals surface area (Å²) in [6.45, 7) is 13.4. The summed E-state index contributed by atoms with van der Waals surface area (Å²) in [6.07, 6.45) is 43.7. The van der Waals surface area contributed by atoms with Gasteiger partial charge in [0.1, 0.15) is 0 Å². The monoisotopic (exact) mass is 906 g/mol. The molecule has 0 saturated carbocycles. The van der Waals surface area contributed by atoms with E-state index in [-0.39, 0.29) is 48.1 Å². The maximum atomic E-state index is 5.25. The fourth-order valence-electron chi connectivity index (χ4n) is 6.33. The standard InChI is InChI=1S/2C21H43NS2.Mo.2S/c2*1-3-5-7-9-11-13-15-17-19-22(21(23)24)20-18-16-14-12-10-8-6-4-2;;;/h2*3-20H2,1-2H3,(H,23,24);;;/q;;+6;2*-2/p-2. The van der Waals surface area contributed by atoms with E-state index in [1.165, 1.54) is 205 Å². The zero-order valence-electron chi connectivity index (χ0n) is 34.2. The molecule has 0 aromatic rings. The number of unbranched alkanes of at least 4 members (excludes halogenated alkanes) is 28. The molecule has 0 bridgehead atoms. The molecule has 0 unspecified atom stereocenters. The van der Waals surface area contributed by atoms with E-state index >= 15 is 0 Å². The van der Waals surface area contributed by atoms with Gasteiger partial charge in [0.2, 0.25) is 0 Å². The van der Waals surface area contributed by atoms with Crippen molar-refractivity contribution >= 4 is 85.3 Å². The second kappa shape index (κ2) is 53.7. The van der Waals surface area contributed by atoms with E-state index in [0.717, 1.165) is 26.2 Å². The van der Waals surface area contributed by atoms with Crippen molar-refractivity contribution in [2.24, 2.45) is 0 Å². The first-order valence-corrected chi connectivity index (χ1v) is 23.0. The smallest absolute Gasteiger partial charge is 2.00 e. The average molecular weight is 905 g/mol. The van der Waals surface area contributed by atoms with E-state index < -0.39 is 0 Å². The summed E-state index contributed by atoms with van der Waals surface area (Å²) in [4.78, 5) is 4.53. The van der Waals surface area contributed by atoms with Crippen molar-refractivity contribution in [1.82, 2.24) is 9.80 Å². The van der Waals surface area contributed by atoms with Crippen LogP contribution in [-0.2, 0) is 73.3 Å². The van der Waals surface area contributed by atoms with Gasteiger partial charge in [-0.3, -0.25) is 0 Å². The molecule has 0 N–H and O–H groups in total. The van der Waals surface area contributed by atoms with Crippen molar-refractivity contribution in [1.29, 1.82) is 0 Å². The Morgan fingerprint density at radius 3 is 0.588 bits per heavy atom. The van der Waals surface area contributed by atoms with Crippen molar-refractivity contribution in [2.45, 2.75) is 233 Å². The first kappa shape index (κ1) is 61.8. The molecule has 0 aromatic heterocycles. The molecule has 0 aliphatic rings. The second-order valence-electron chi connectivity index (χ2n) is 14.4. The first-order valence-electron chi connectivity index (χ1n) is 21.4. The molecule has 0 rings (SSSR count). The summed E-state index contributed by atoms with van der Waals surface area (Å²) in [5.41, 5.74) is 0. The fourth-order valence-corrected chi connectivity index (χ4v) is 7.07. The predicted octanol–water partition coefficient (Wildman–Crippen LogP) is 14.8. The summed E-state index contributed by atoms with van der Waals surface area (Å²) in [5, 5.41) is 0. The largest absolute Gasteiger partial charge is 6.00 e. The van der Waals surface area contributed by atoms with Crippen LogP contribution in [0.5, 0.6) is 0 Å². The third-order valence-corrected chi connectivity index (χ3v) is 10.7. The number of hydrogen-bond donors (Lipinski definition) is 0. The van der Waals surface area contributed by atoms with Gasteiger partial charge in [-0.25, -0.2) is 0 Å². The number of nitrogens with zero attached hydrogens (tertiary/aromatic N) is 2. The fraction of sp³-hybridized carbons (Fsp3) is 0.952. The molecule has 0 radical (unpaired) electrons. The number of thiocarbonyl (C=S) groups is 2. The molecule has 2 nitrogen and oxygen atoms in total. The molecule has 0 aliphatic carbocycles. The summed E-state index contributed by atoms with van der Waals surface area (Å²) in [7, 11) is 0. The van der Waals surface area contributed by atoms with Crippen LogP contribution >= 0.6 is 24.4 Å². The molecular formula is C42H84MoN2S6. The van der Waals surface area contributed by atoms with E-state index in [9.17, 15) is 0 Å². The van der Waals surface area contributed by atoms with Crippen LogP contribution in [0.4, 0.5) is 0 Å². The Balaban J connectivity index is -0.000000261. The van der Waals surface area contributed by atoms with Crippen LogP contribution in [0.15, 0.2) is 0 Å². The molecule has 9 heteroatoms. The average Bonchev–Trinajstić information content (AvgIpc) is 3.07. The van der Waals surface area contributed by atoms with Crippen LogP contribution in [0, 0.1) is 0 Å². The Morgan fingerprint density at radius 2 is 0.451 bits per heavy atom. The second-order valence-corrected chi connectivity index (χ2v) is 16.5. The Labute approximate surface area is 372 Å². The quantitative estimate of drug-likeness (QED) is 0.0266. The molecule has 0 aromatic carbocycles. The summed E-state index contributed by atoms with van der Waals surface area (Å²) in [5.74, 6) is 0. The number of rotatable bonds is 36. The third kappa shape index (κ3) is 51.6. The van der Waals surface area contributed by atoms with Gasteiger partial charge in [-0.2, -0.15) is 0 Å². The molecule has 0 saturated heterocycles. The van der Waals surface area contributed by atoms with Gasteiger partial charge in [0.15, 0.2) is 0 Å². The SMILES string of the molecule is CCCCCCCCCCN(CCCCCCCCCC)C(=S)[S-].CCCCCCCCCCN(CCCCCCCCCC)C(=S)[S-].[Mo+6].[S-2].[S-2]. The van der Waals surface area contributed by atoms with Crippen molar-refractivity contribution in [3.63, 3.8) is 0 Å². The molecule has 0 fully saturated rings. The van der Waals surface area contributed by atoms with Gasteiger partial charge in [0.05, 0.1) is 0 Å². The van der Waals surface area contributed by atoms with E-state index in [2.05, 4.69) is 37.5 Å². The molecule has 0 amide bonds. The molecule has 304 valence electrons. The van der Waals surface area contributed by atoms with E-state index in [0.29, 0.717) is 8.64 Å². The summed E-state index contributed by atoms with van der Waals surface area (Å²) < 4.78 is 1.36. The Hall–Kier alpha value is 1.61.